The molecule has 2 amide bonds. The first-order valence-corrected chi connectivity index (χ1v) is 8.11. The van der Waals surface area contributed by atoms with Gasteiger partial charge in [-0.25, -0.2) is 0 Å². The molecule has 120 valence electrons. The van der Waals surface area contributed by atoms with Crippen molar-refractivity contribution in [3.8, 4) is 0 Å². The predicted molar refractivity (Wildman–Crippen MR) is 87.6 cm³/mol. The van der Waals surface area contributed by atoms with Crippen LogP contribution in [0.15, 0.2) is 18.2 Å². The molecule has 0 saturated heterocycles. The number of amides is 2. The van der Waals surface area contributed by atoms with E-state index < -0.39 is 6.04 Å². The minimum Gasteiger partial charge on any atom is -0.352 e. The molecule has 2 N–H and O–H groups in total. The molecule has 0 heterocycles. The smallest absolute Gasteiger partial charge is 0.242 e. The summed E-state index contributed by atoms with van der Waals surface area (Å²) in [5, 5.41) is 5.81. The lowest BCUT2D eigenvalue weighted by molar-refractivity contribution is -0.128. The minimum atomic E-state index is -0.488. The largest absolute Gasteiger partial charge is 0.352 e. The molecule has 4 heteroatoms. The van der Waals surface area contributed by atoms with Crippen molar-refractivity contribution in [3.05, 3.63) is 34.9 Å². The number of aryl methyl sites for hydroxylation is 2. The van der Waals surface area contributed by atoms with Gasteiger partial charge in [-0.3, -0.25) is 9.59 Å². The van der Waals surface area contributed by atoms with E-state index in [0.717, 1.165) is 29.5 Å². The highest BCUT2D eigenvalue weighted by molar-refractivity contribution is 5.88. The lowest BCUT2D eigenvalue weighted by Crippen LogP contribution is -2.47. The van der Waals surface area contributed by atoms with E-state index in [1.165, 1.54) is 12.8 Å². The highest BCUT2D eigenvalue weighted by Gasteiger charge is 2.21. The van der Waals surface area contributed by atoms with Gasteiger partial charge < -0.3 is 10.6 Å². The third-order valence-corrected chi connectivity index (χ3v) is 4.33. The number of carbonyl (C=O) groups excluding carboxylic acids is 2. The van der Waals surface area contributed by atoms with Crippen molar-refractivity contribution < 1.29 is 9.59 Å². The molecule has 0 aliphatic heterocycles. The molecule has 1 aliphatic carbocycles. The zero-order valence-electron chi connectivity index (χ0n) is 13.7. The van der Waals surface area contributed by atoms with Crippen molar-refractivity contribution in [3.63, 3.8) is 0 Å². The molecule has 1 aromatic rings. The second kappa shape index (κ2) is 7.43. The van der Waals surface area contributed by atoms with E-state index in [0.29, 0.717) is 6.42 Å². The first-order chi connectivity index (χ1) is 10.5. The second-order valence-electron chi connectivity index (χ2n) is 6.39. The molecule has 0 unspecified atom stereocenters. The zero-order chi connectivity index (χ0) is 16.1. The summed E-state index contributed by atoms with van der Waals surface area (Å²) in [5.41, 5.74) is 3.25. The lowest BCUT2D eigenvalue weighted by atomic mass is 10.0. The van der Waals surface area contributed by atoms with E-state index in [9.17, 15) is 9.59 Å². The summed E-state index contributed by atoms with van der Waals surface area (Å²) in [6.07, 6.45) is 4.77. The third-order valence-electron chi connectivity index (χ3n) is 4.33. The van der Waals surface area contributed by atoms with Crippen molar-refractivity contribution in [2.45, 2.75) is 65.0 Å². The van der Waals surface area contributed by atoms with Crippen molar-refractivity contribution in [2.24, 2.45) is 0 Å². The van der Waals surface area contributed by atoms with Crippen LogP contribution in [0.4, 0.5) is 0 Å². The Bertz CT molecular complexity index is 548. The maximum atomic E-state index is 12.1. The van der Waals surface area contributed by atoms with Crippen LogP contribution in [0, 0.1) is 13.8 Å². The standard InChI is InChI=1S/C18H26N2O2/c1-12-8-9-13(2)15(10-12)11-17(21)19-14(3)18(22)20-16-6-4-5-7-16/h8-10,14,16H,4-7,11H2,1-3H3,(H,19,21)(H,20,22)/t14-/m0/s1. The van der Waals surface area contributed by atoms with E-state index in [2.05, 4.69) is 10.6 Å². The monoisotopic (exact) mass is 302 g/mol. The van der Waals surface area contributed by atoms with Gasteiger partial charge in [0.2, 0.25) is 11.8 Å². The van der Waals surface area contributed by atoms with Gasteiger partial charge in [0.15, 0.2) is 0 Å². The first-order valence-electron chi connectivity index (χ1n) is 8.11. The molecule has 22 heavy (non-hydrogen) atoms. The molecular formula is C18H26N2O2. The zero-order valence-corrected chi connectivity index (χ0v) is 13.7. The van der Waals surface area contributed by atoms with Crippen molar-refractivity contribution >= 4 is 11.8 Å². The highest BCUT2D eigenvalue weighted by Crippen LogP contribution is 2.17. The molecule has 0 bridgehead atoms. The van der Waals surface area contributed by atoms with Crippen molar-refractivity contribution in [1.82, 2.24) is 10.6 Å². The summed E-state index contributed by atoms with van der Waals surface area (Å²) < 4.78 is 0. The van der Waals surface area contributed by atoms with Gasteiger partial charge in [0, 0.05) is 6.04 Å². The normalized spacial score (nSPS) is 16.3. The maximum absolute atomic E-state index is 12.1. The number of rotatable bonds is 5. The van der Waals surface area contributed by atoms with Crippen LogP contribution in [-0.2, 0) is 16.0 Å². The van der Waals surface area contributed by atoms with Gasteiger partial charge in [-0.2, -0.15) is 0 Å². The Morgan fingerprint density at radius 3 is 2.59 bits per heavy atom. The third kappa shape index (κ3) is 4.58. The topological polar surface area (TPSA) is 58.2 Å². The summed E-state index contributed by atoms with van der Waals surface area (Å²) in [5.74, 6) is -0.191. The average Bonchev–Trinajstić information content (AvgIpc) is 2.95. The number of hydrogen-bond acceptors (Lipinski definition) is 2. The van der Waals surface area contributed by atoms with Gasteiger partial charge in [-0.1, -0.05) is 36.6 Å². The van der Waals surface area contributed by atoms with Crippen molar-refractivity contribution in [2.75, 3.05) is 0 Å². The Morgan fingerprint density at radius 1 is 1.23 bits per heavy atom. The van der Waals surface area contributed by atoms with E-state index in [1.54, 1.807) is 6.92 Å². The van der Waals surface area contributed by atoms with Crippen LogP contribution in [0.1, 0.15) is 49.3 Å². The fraction of sp³-hybridized carbons (Fsp3) is 0.556. The second-order valence-corrected chi connectivity index (χ2v) is 6.39. The van der Waals surface area contributed by atoms with E-state index >= 15 is 0 Å². The van der Waals surface area contributed by atoms with E-state index in [1.807, 2.05) is 32.0 Å². The molecule has 1 saturated carbocycles. The fourth-order valence-electron chi connectivity index (χ4n) is 2.92. The predicted octanol–water partition coefficient (Wildman–Crippen LogP) is 2.41. The molecule has 2 rings (SSSR count). The minimum absolute atomic E-state index is 0.0822. The van der Waals surface area contributed by atoms with Crippen molar-refractivity contribution in [1.29, 1.82) is 0 Å². The SMILES string of the molecule is Cc1ccc(C)c(CC(=O)N[C@@H](C)C(=O)NC2CCCC2)c1. The summed E-state index contributed by atoms with van der Waals surface area (Å²) in [7, 11) is 0. The molecular weight excluding hydrogens is 276 g/mol. The molecule has 0 spiro atoms. The Balaban J connectivity index is 1.85. The quantitative estimate of drug-likeness (QED) is 0.877. The van der Waals surface area contributed by atoms with Gasteiger partial charge in [-0.15, -0.1) is 0 Å². The van der Waals surface area contributed by atoms with Crippen LogP contribution in [-0.4, -0.2) is 23.9 Å². The Hall–Kier alpha value is -1.84. The van der Waals surface area contributed by atoms with Gasteiger partial charge in [-0.05, 0) is 44.7 Å². The Morgan fingerprint density at radius 2 is 1.91 bits per heavy atom. The Kier molecular flexibility index (Phi) is 5.58. The van der Waals surface area contributed by atoms with Gasteiger partial charge >= 0.3 is 0 Å². The number of hydrogen-bond donors (Lipinski definition) is 2. The van der Waals surface area contributed by atoms with E-state index in [4.69, 9.17) is 0 Å². The number of carbonyl (C=O) groups is 2. The van der Waals surface area contributed by atoms with Crippen LogP contribution in [0.3, 0.4) is 0 Å². The molecule has 0 aromatic heterocycles. The van der Waals surface area contributed by atoms with Crippen LogP contribution in [0.2, 0.25) is 0 Å². The summed E-state index contributed by atoms with van der Waals surface area (Å²) in [4.78, 5) is 24.2. The molecule has 1 atom stereocenters. The molecule has 1 fully saturated rings. The fourth-order valence-corrected chi connectivity index (χ4v) is 2.92. The van der Waals surface area contributed by atoms with Gasteiger partial charge in [0.1, 0.15) is 6.04 Å². The molecule has 1 aliphatic rings. The lowest BCUT2D eigenvalue weighted by Gasteiger charge is -2.18. The molecule has 4 nitrogen and oxygen atoms in total. The maximum Gasteiger partial charge on any atom is 0.242 e. The van der Waals surface area contributed by atoms with Gasteiger partial charge in [0.25, 0.3) is 0 Å². The van der Waals surface area contributed by atoms with E-state index in [-0.39, 0.29) is 17.9 Å². The Labute approximate surface area is 132 Å². The van der Waals surface area contributed by atoms with Crippen LogP contribution in [0.25, 0.3) is 0 Å². The summed E-state index contributed by atoms with van der Waals surface area (Å²) in [6.45, 7) is 5.75. The summed E-state index contributed by atoms with van der Waals surface area (Å²) >= 11 is 0. The molecule has 1 aromatic carbocycles. The number of benzene rings is 1. The number of nitrogens with one attached hydrogen (secondary N) is 2. The van der Waals surface area contributed by atoms with Gasteiger partial charge in [0.05, 0.1) is 6.42 Å². The van der Waals surface area contributed by atoms with Crippen LogP contribution >= 0.6 is 0 Å². The average molecular weight is 302 g/mol. The van der Waals surface area contributed by atoms with Crippen LogP contribution < -0.4 is 10.6 Å². The summed E-state index contributed by atoms with van der Waals surface area (Å²) in [6, 6.07) is 5.88. The molecule has 0 radical (unpaired) electrons. The first kappa shape index (κ1) is 16.5. The van der Waals surface area contributed by atoms with Crippen LogP contribution in [0.5, 0.6) is 0 Å². The highest BCUT2D eigenvalue weighted by atomic mass is 16.2.